The second kappa shape index (κ2) is 8.11. The summed E-state index contributed by atoms with van der Waals surface area (Å²) in [5.41, 5.74) is 9.56. The molecule has 0 atom stereocenters. The molecule has 5 aromatic heterocycles. The van der Waals surface area contributed by atoms with Crippen LogP contribution >= 0.6 is 0 Å². The van der Waals surface area contributed by atoms with Crippen LogP contribution in [0, 0.1) is 0 Å². The van der Waals surface area contributed by atoms with Crippen molar-refractivity contribution in [3.63, 3.8) is 0 Å². The maximum atomic E-state index is 6.33. The molecule has 0 amide bonds. The number of nitrogens with zero attached hydrogens (tertiary/aromatic N) is 3. The summed E-state index contributed by atoms with van der Waals surface area (Å²) >= 11 is 0. The third kappa shape index (κ3) is 3.15. The number of pyridine rings is 3. The molecule has 8 aromatic rings. The summed E-state index contributed by atoms with van der Waals surface area (Å²) in [4.78, 5) is 14.1. The van der Waals surface area contributed by atoms with E-state index in [1.54, 1.807) is 0 Å². The van der Waals surface area contributed by atoms with Gasteiger partial charge >= 0.3 is 0 Å². The summed E-state index contributed by atoms with van der Waals surface area (Å²) in [6.45, 7) is 0. The maximum Gasteiger partial charge on any atom is 0.161 e. The number of rotatable bonds is 3. The highest BCUT2D eigenvalue weighted by atomic mass is 16.3. The molecule has 0 aliphatic carbocycles. The van der Waals surface area contributed by atoms with Gasteiger partial charge in [-0.15, -0.1) is 0 Å². The summed E-state index contributed by atoms with van der Waals surface area (Å²) < 4.78 is 12.7. The molecule has 178 valence electrons. The minimum absolute atomic E-state index is 0.757. The van der Waals surface area contributed by atoms with Crippen LogP contribution in [0.5, 0.6) is 0 Å². The van der Waals surface area contributed by atoms with Crippen molar-refractivity contribution in [2.45, 2.75) is 0 Å². The standard InChI is InChI=1S/C33H19N3O2/c1-3-10-28-24(7-1)25-13-16-35-30(33(25)37-28)22-18-20(17-21(19-22)27-9-5-6-14-34-27)23-12-15-36-31-26-8-2-4-11-29(26)38-32(23)31/h1-19H. The molecule has 38 heavy (non-hydrogen) atoms. The van der Waals surface area contributed by atoms with Crippen molar-refractivity contribution in [1.29, 1.82) is 0 Å². The Morgan fingerprint density at radius 3 is 2.05 bits per heavy atom. The lowest BCUT2D eigenvalue weighted by molar-refractivity contribution is 0.668. The van der Waals surface area contributed by atoms with Crippen LogP contribution in [0.3, 0.4) is 0 Å². The Balaban J connectivity index is 1.43. The van der Waals surface area contributed by atoms with Gasteiger partial charge in [0.15, 0.2) is 11.2 Å². The number of hydrogen-bond acceptors (Lipinski definition) is 5. The SMILES string of the molecule is c1ccc(-c2cc(-c3nccc4c3oc3ccccc34)cc(-c3ccnc4c3oc3ccccc34)c2)nc1. The summed E-state index contributed by atoms with van der Waals surface area (Å²) in [5, 5.41) is 3.11. The molecule has 0 saturated carbocycles. The summed E-state index contributed by atoms with van der Waals surface area (Å²) in [6.07, 6.45) is 5.49. The first-order valence-electron chi connectivity index (χ1n) is 12.4. The fourth-order valence-corrected chi connectivity index (χ4v) is 5.29. The predicted molar refractivity (Wildman–Crippen MR) is 151 cm³/mol. The third-order valence-electron chi connectivity index (χ3n) is 7.03. The van der Waals surface area contributed by atoms with Crippen molar-refractivity contribution >= 4 is 44.0 Å². The monoisotopic (exact) mass is 489 g/mol. The number of hydrogen-bond donors (Lipinski definition) is 0. The van der Waals surface area contributed by atoms with E-state index in [1.165, 1.54) is 0 Å². The number of benzene rings is 3. The van der Waals surface area contributed by atoms with Crippen LogP contribution < -0.4 is 0 Å². The fourth-order valence-electron chi connectivity index (χ4n) is 5.29. The van der Waals surface area contributed by atoms with Gasteiger partial charge in [-0.25, -0.2) is 0 Å². The average molecular weight is 490 g/mol. The van der Waals surface area contributed by atoms with Gasteiger partial charge in [0.05, 0.1) is 5.69 Å². The van der Waals surface area contributed by atoms with Gasteiger partial charge in [0.1, 0.15) is 22.4 Å². The first-order chi connectivity index (χ1) is 18.8. The smallest absolute Gasteiger partial charge is 0.161 e. The molecule has 0 saturated heterocycles. The highest BCUT2D eigenvalue weighted by Gasteiger charge is 2.18. The van der Waals surface area contributed by atoms with Crippen LogP contribution in [-0.4, -0.2) is 15.0 Å². The molecule has 0 N–H and O–H groups in total. The normalized spacial score (nSPS) is 11.7. The van der Waals surface area contributed by atoms with Crippen LogP contribution in [0.4, 0.5) is 0 Å². The lowest BCUT2D eigenvalue weighted by Gasteiger charge is -2.11. The summed E-state index contributed by atoms with van der Waals surface area (Å²) in [7, 11) is 0. The Bertz CT molecular complexity index is 2010. The van der Waals surface area contributed by atoms with Gasteiger partial charge in [0.2, 0.25) is 0 Å². The maximum absolute atomic E-state index is 6.33. The van der Waals surface area contributed by atoms with Gasteiger partial charge in [0.25, 0.3) is 0 Å². The Labute approximate surface area is 217 Å². The van der Waals surface area contributed by atoms with Crippen LogP contribution in [0.15, 0.2) is 124 Å². The molecule has 0 aliphatic rings. The molecule has 0 fully saturated rings. The molecule has 5 nitrogen and oxygen atoms in total. The van der Waals surface area contributed by atoms with Crippen molar-refractivity contribution in [2.75, 3.05) is 0 Å². The van der Waals surface area contributed by atoms with Crippen molar-refractivity contribution in [3.8, 4) is 33.6 Å². The molecular weight excluding hydrogens is 470 g/mol. The molecule has 5 heterocycles. The Morgan fingerprint density at radius 2 is 1.18 bits per heavy atom. The zero-order valence-corrected chi connectivity index (χ0v) is 20.1. The molecule has 0 radical (unpaired) electrons. The van der Waals surface area contributed by atoms with E-state index in [2.05, 4.69) is 34.2 Å². The van der Waals surface area contributed by atoms with Gasteiger partial charge in [-0.05, 0) is 66.2 Å². The molecule has 8 rings (SSSR count). The lowest BCUT2D eigenvalue weighted by Crippen LogP contribution is -1.90. The molecule has 0 unspecified atom stereocenters. The zero-order valence-electron chi connectivity index (χ0n) is 20.1. The number of aromatic nitrogens is 3. The molecule has 0 spiro atoms. The van der Waals surface area contributed by atoms with Gasteiger partial charge in [-0.1, -0.05) is 36.4 Å². The van der Waals surface area contributed by atoms with E-state index < -0.39 is 0 Å². The van der Waals surface area contributed by atoms with Gasteiger partial charge in [-0.2, -0.15) is 0 Å². The number of fused-ring (bicyclic) bond motifs is 6. The minimum Gasteiger partial charge on any atom is -0.454 e. The van der Waals surface area contributed by atoms with E-state index in [0.29, 0.717) is 0 Å². The topological polar surface area (TPSA) is 65.0 Å². The van der Waals surface area contributed by atoms with Gasteiger partial charge in [-0.3, -0.25) is 15.0 Å². The third-order valence-corrected chi connectivity index (χ3v) is 7.03. The lowest BCUT2D eigenvalue weighted by atomic mass is 9.96. The van der Waals surface area contributed by atoms with Gasteiger partial charge in [0, 0.05) is 51.4 Å². The van der Waals surface area contributed by atoms with E-state index in [9.17, 15) is 0 Å². The van der Waals surface area contributed by atoms with Crippen molar-refractivity contribution in [2.24, 2.45) is 0 Å². The second-order valence-electron chi connectivity index (χ2n) is 9.28. The molecule has 0 aliphatic heterocycles. The number of para-hydroxylation sites is 2. The van der Waals surface area contributed by atoms with E-state index >= 15 is 0 Å². The van der Waals surface area contributed by atoms with E-state index in [-0.39, 0.29) is 0 Å². The van der Waals surface area contributed by atoms with Crippen molar-refractivity contribution < 1.29 is 8.83 Å². The second-order valence-corrected chi connectivity index (χ2v) is 9.28. The first-order valence-corrected chi connectivity index (χ1v) is 12.4. The Kier molecular flexibility index (Phi) is 4.45. The van der Waals surface area contributed by atoms with Crippen LogP contribution in [0.2, 0.25) is 0 Å². The Morgan fingerprint density at radius 1 is 0.474 bits per heavy atom. The predicted octanol–water partition coefficient (Wildman–Crippen LogP) is 8.67. The van der Waals surface area contributed by atoms with Crippen molar-refractivity contribution in [3.05, 3.63) is 116 Å². The number of furan rings is 2. The van der Waals surface area contributed by atoms with Crippen LogP contribution in [0.25, 0.3) is 77.6 Å². The average Bonchev–Trinajstić information content (AvgIpc) is 3.56. The van der Waals surface area contributed by atoms with Crippen LogP contribution in [-0.2, 0) is 0 Å². The molecule has 3 aromatic carbocycles. The Hall–Kier alpha value is -5.29. The quantitative estimate of drug-likeness (QED) is 0.248. The van der Waals surface area contributed by atoms with Crippen molar-refractivity contribution in [1.82, 2.24) is 15.0 Å². The van der Waals surface area contributed by atoms with E-state index in [0.717, 1.165) is 77.6 Å². The fraction of sp³-hybridized carbons (Fsp3) is 0. The molecular formula is C33H19N3O2. The molecule has 0 bridgehead atoms. The zero-order chi connectivity index (χ0) is 25.1. The van der Waals surface area contributed by atoms with E-state index in [4.69, 9.17) is 13.8 Å². The van der Waals surface area contributed by atoms with Gasteiger partial charge < -0.3 is 8.83 Å². The largest absolute Gasteiger partial charge is 0.454 e. The van der Waals surface area contributed by atoms with Crippen LogP contribution in [0.1, 0.15) is 0 Å². The first kappa shape index (κ1) is 20.9. The molecule has 5 heteroatoms. The summed E-state index contributed by atoms with van der Waals surface area (Å²) in [6, 6.07) is 32.4. The minimum atomic E-state index is 0.757. The highest BCUT2D eigenvalue weighted by Crippen LogP contribution is 2.40. The van der Waals surface area contributed by atoms with E-state index in [1.807, 2.05) is 91.4 Å². The highest BCUT2D eigenvalue weighted by molar-refractivity contribution is 6.10. The summed E-state index contributed by atoms with van der Waals surface area (Å²) in [5.74, 6) is 0.